The van der Waals surface area contributed by atoms with E-state index in [-0.39, 0.29) is 111 Å². The van der Waals surface area contributed by atoms with E-state index < -0.39 is 14.8 Å². The van der Waals surface area contributed by atoms with Crippen molar-refractivity contribution in [3.8, 4) is 17.2 Å². The average molecular weight is 729 g/mol. The van der Waals surface area contributed by atoms with Gasteiger partial charge in [0.25, 0.3) is 17.1 Å². The van der Waals surface area contributed by atoms with Crippen LogP contribution in [0.5, 0.6) is 17.2 Å². The van der Waals surface area contributed by atoms with Crippen LogP contribution in [0, 0.1) is 72.1 Å². The second kappa shape index (κ2) is 17.8. The molecule has 3 aromatic rings. The molecular formula is C24H24CeN6O12. The number of aromatic hydroxyl groups is 3. The summed E-state index contributed by atoms with van der Waals surface area (Å²) in [7, 11) is 0. The molecule has 0 spiro atoms. The maximum absolute atomic E-state index is 10.6. The number of nitro groups is 3. The van der Waals surface area contributed by atoms with E-state index in [1.807, 2.05) is 0 Å². The molecular weight excluding hydrogens is 704 g/mol. The van der Waals surface area contributed by atoms with Gasteiger partial charge in [-0.1, -0.05) is 0 Å². The minimum atomic E-state index is -0.648. The number of non-ortho nitro benzene ring substituents is 3. The molecule has 0 bridgehead atoms. The Kier molecular flexibility index (Phi) is 15.7. The summed E-state index contributed by atoms with van der Waals surface area (Å²) < 4.78 is 0. The minimum Gasteiger partial charge on any atom is -0.508 e. The molecule has 0 heterocycles. The molecule has 0 aliphatic heterocycles. The fourth-order valence-corrected chi connectivity index (χ4v) is 2.93. The third kappa shape index (κ3) is 15.0. The van der Waals surface area contributed by atoms with Crippen molar-refractivity contribution in [3.05, 3.63) is 84.9 Å². The van der Waals surface area contributed by atoms with Crippen molar-refractivity contribution in [1.82, 2.24) is 0 Å². The maximum Gasteiger partial charge on any atom is 0.275 e. The number of nitrogens with zero attached hydrogens (tertiary/aromatic N) is 3. The van der Waals surface area contributed by atoms with Gasteiger partial charge in [-0.25, -0.2) is 0 Å². The first-order valence-corrected chi connectivity index (χ1v) is 11.2. The number of phenols is 3. The Labute approximate surface area is 275 Å². The number of carbonyl (C=O) groups excluding carboxylic acids is 3. The van der Waals surface area contributed by atoms with E-state index in [0.717, 1.165) is 18.2 Å². The average Bonchev–Trinajstić information content (AvgIpc) is 2.82. The molecule has 19 heteroatoms. The number of phenolic OH excluding ortho intramolecular Hbond substituents is 3. The molecule has 226 valence electrons. The van der Waals surface area contributed by atoms with Crippen LogP contribution in [-0.4, -0.2) is 47.8 Å². The molecule has 0 unspecified atom stereocenters. The molecule has 0 saturated heterocycles. The molecule has 0 aliphatic rings. The maximum atomic E-state index is 10.6. The third-order valence-electron chi connectivity index (χ3n) is 4.30. The molecule has 3 amide bonds. The van der Waals surface area contributed by atoms with Gasteiger partial charge in [-0.05, 0) is 0 Å². The molecule has 0 radical (unpaired) electrons. The van der Waals surface area contributed by atoms with Crippen LogP contribution in [0.2, 0.25) is 0 Å². The summed E-state index contributed by atoms with van der Waals surface area (Å²) in [5.74, 6) is -1.85. The normalized spacial score (nSPS) is 9.28. The third-order valence-corrected chi connectivity index (χ3v) is 4.30. The standard InChI is InChI=1S/3C8H8N2O4.Ce/c3*1-5(11)9-6-2-7(10(13)14)4-8(12)3-6;/h3*2-4,12H,1H3,(H,9,11);. The minimum absolute atomic E-state index is 0. The van der Waals surface area contributed by atoms with Crippen LogP contribution in [0.1, 0.15) is 20.8 Å². The Hall–Kier alpha value is -4.95. The van der Waals surface area contributed by atoms with Crippen LogP contribution < -0.4 is 16.0 Å². The van der Waals surface area contributed by atoms with E-state index >= 15 is 0 Å². The number of nitrogens with one attached hydrogen (secondary N) is 3. The number of carbonyl (C=O) groups is 3. The van der Waals surface area contributed by atoms with Crippen molar-refractivity contribution in [2.45, 2.75) is 20.8 Å². The smallest absolute Gasteiger partial charge is 0.275 e. The molecule has 43 heavy (non-hydrogen) atoms. The number of anilines is 3. The number of benzene rings is 3. The summed E-state index contributed by atoms with van der Waals surface area (Å²) in [6, 6.07) is 10.2. The van der Waals surface area contributed by atoms with Gasteiger partial charge >= 0.3 is 0 Å². The topological polar surface area (TPSA) is 277 Å². The predicted molar refractivity (Wildman–Crippen MR) is 147 cm³/mol. The molecule has 0 atom stereocenters. The summed E-state index contributed by atoms with van der Waals surface area (Å²) in [6.45, 7) is 3.82. The molecule has 0 fully saturated rings. The van der Waals surface area contributed by atoms with E-state index in [0.29, 0.717) is 0 Å². The van der Waals surface area contributed by atoms with Crippen molar-refractivity contribution in [2.75, 3.05) is 16.0 Å². The second-order valence-electron chi connectivity index (χ2n) is 8.03. The first-order chi connectivity index (χ1) is 19.5. The zero-order valence-corrected chi connectivity index (χ0v) is 25.7. The molecule has 0 saturated carbocycles. The van der Waals surface area contributed by atoms with E-state index in [1.54, 1.807) is 0 Å². The monoisotopic (exact) mass is 728 g/mol. The van der Waals surface area contributed by atoms with Crippen molar-refractivity contribution in [2.24, 2.45) is 0 Å². The summed E-state index contributed by atoms with van der Waals surface area (Å²) in [6.07, 6.45) is 0. The van der Waals surface area contributed by atoms with E-state index in [9.17, 15) is 44.7 Å². The number of hydrogen-bond acceptors (Lipinski definition) is 12. The summed E-state index contributed by atoms with van der Waals surface area (Å²) in [5.41, 5.74) is -0.214. The van der Waals surface area contributed by atoms with Crippen LogP contribution in [-0.2, 0) is 14.4 Å². The summed E-state index contributed by atoms with van der Waals surface area (Å²) in [4.78, 5) is 61.1. The van der Waals surface area contributed by atoms with Gasteiger partial charge in [0.15, 0.2) is 0 Å². The molecule has 0 aromatic heterocycles. The van der Waals surface area contributed by atoms with Crippen LogP contribution in [0.15, 0.2) is 54.6 Å². The van der Waals surface area contributed by atoms with E-state index in [1.165, 1.54) is 57.2 Å². The van der Waals surface area contributed by atoms with Crippen LogP contribution >= 0.6 is 0 Å². The first kappa shape index (κ1) is 38.0. The Morgan fingerprint density at radius 3 is 0.884 bits per heavy atom. The zero-order chi connectivity index (χ0) is 32.1. The van der Waals surface area contributed by atoms with E-state index in [4.69, 9.17) is 15.3 Å². The number of hydrogen-bond donors (Lipinski definition) is 6. The molecule has 3 aromatic carbocycles. The van der Waals surface area contributed by atoms with Gasteiger partial charge in [-0.3, -0.25) is 44.7 Å². The Balaban J connectivity index is 0.000000608. The quantitative estimate of drug-likeness (QED) is 0.156. The molecule has 6 N–H and O–H groups in total. The SMILES string of the molecule is CC(=O)Nc1cc(O)cc([N+](=O)[O-])c1.CC(=O)Nc1cc(O)cc([N+](=O)[O-])c1.CC(=O)Nc1cc(O)cc([N+](=O)[O-])c1.[Ce]. The Morgan fingerprint density at radius 1 is 0.512 bits per heavy atom. The summed E-state index contributed by atoms with van der Waals surface area (Å²) in [5, 5.41) is 65.4. The molecule has 18 nitrogen and oxygen atoms in total. The van der Waals surface area contributed by atoms with Gasteiger partial charge in [0.2, 0.25) is 17.7 Å². The van der Waals surface area contributed by atoms with Crippen LogP contribution in [0.25, 0.3) is 0 Å². The van der Waals surface area contributed by atoms with Crippen LogP contribution in [0.3, 0.4) is 0 Å². The summed E-state index contributed by atoms with van der Waals surface area (Å²) >= 11 is 0. The Morgan fingerprint density at radius 2 is 0.721 bits per heavy atom. The second-order valence-corrected chi connectivity index (χ2v) is 8.03. The number of nitro benzene ring substituents is 3. The van der Waals surface area contributed by atoms with Gasteiger partial charge in [-0.15, -0.1) is 0 Å². The largest absolute Gasteiger partial charge is 0.508 e. The van der Waals surface area contributed by atoms with Crippen molar-refractivity contribution < 1.29 is 86.2 Å². The fourth-order valence-electron chi connectivity index (χ4n) is 2.93. The van der Waals surface area contributed by atoms with E-state index in [2.05, 4.69) is 16.0 Å². The van der Waals surface area contributed by atoms with Gasteiger partial charge in [-0.2, -0.15) is 0 Å². The zero-order valence-electron chi connectivity index (χ0n) is 22.6. The molecule has 3 rings (SSSR count). The molecule has 0 aliphatic carbocycles. The number of rotatable bonds is 6. The van der Waals surface area contributed by atoms with Gasteiger partial charge in [0.1, 0.15) is 17.2 Å². The van der Waals surface area contributed by atoms with Gasteiger partial charge < -0.3 is 31.3 Å². The predicted octanol–water partition coefficient (Wildman–Crippen LogP) is 3.78. The first-order valence-electron chi connectivity index (χ1n) is 11.2. The number of amides is 3. The Bertz CT molecular complexity index is 1350. The van der Waals surface area contributed by atoms with Crippen molar-refractivity contribution in [1.29, 1.82) is 0 Å². The van der Waals surface area contributed by atoms with Gasteiger partial charge in [0.05, 0.1) is 50.0 Å². The van der Waals surface area contributed by atoms with Crippen LogP contribution in [0.4, 0.5) is 34.1 Å². The van der Waals surface area contributed by atoms with Crippen molar-refractivity contribution >= 4 is 51.8 Å². The van der Waals surface area contributed by atoms with Gasteiger partial charge in [0, 0.05) is 98.9 Å². The van der Waals surface area contributed by atoms with Crippen molar-refractivity contribution in [3.63, 3.8) is 0 Å². The fraction of sp³-hybridized carbons (Fsp3) is 0.125.